The predicted molar refractivity (Wildman–Crippen MR) is 61.3 cm³/mol. The van der Waals surface area contributed by atoms with Crippen LogP contribution < -0.4 is 5.73 Å². The number of benzene rings is 1. The standard InChI is InChI=1S/C11H13ClN2O/c1-7-4-8(12)2-3-10(7)11-5-9(6-13)15-14-11/h2-4,9H,5-6,13H2,1H3. The number of hydrogen-bond acceptors (Lipinski definition) is 3. The van der Waals surface area contributed by atoms with Crippen molar-refractivity contribution in [3.05, 3.63) is 34.3 Å². The molecule has 15 heavy (non-hydrogen) atoms. The summed E-state index contributed by atoms with van der Waals surface area (Å²) in [5.41, 5.74) is 8.68. The Morgan fingerprint density at radius 1 is 1.60 bits per heavy atom. The summed E-state index contributed by atoms with van der Waals surface area (Å²) < 4.78 is 0. The van der Waals surface area contributed by atoms with Gasteiger partial charge in [0.2, 0.25) is 0 Å². The summed E-state index contributed by atoms with van der Waals surface area (Å²) in [6.07, 6.45) is 0.800. The van der Waals surface area contributed by atoms with Crippen molar-refractivity contribution in [1.29, 1.82) is 0 Å². The van der Waals surface area contributed by atoms with E-state index in [1.807, 2.05) is 25.1 Å². The molecule has 2 rings (SSSR count). The maximum Gasteiger partial charge on any atom is 0.145 e. The third kappa shape index (κ3) is 2.13. The van der Waals surface area contributed by atoms with Crippen LogP contribution in [0.5, 0.6) is 0 Å². The van der Waals surface area contributed by atoms with Crippen molar-refractivity contribution in [3.63, 3.8) is 0 Å². The molecular formula is C11H13ClN2O. The summed E-state index contributed by atoms with van der Waals surface area (Å²) in [5.74, 6) is 0. The zero-order valence-corrected chi connectivity index (χ0v) is 9.29. The smallest absolute Gasteiger partial charge is 0.145 e. The molecule has 0 spiro atoms. The first-order valence-electron chi connectivity index (χ1n) is 4.90. The zero-order chi connectivity index (χ0) is 10.8. The fraction of sp³-hybridized carbons (Fsp3) is 0.364. The van der Waals surface area contributed by atoms with E-state index in [0.717, 1.165) is 28.3 Å². The maximum atomic E-state index is 5.89. The van der Waals surface area contributed by atoms with Gasteiger partial charge in [-0.05, 0) is 24.6 Å². The van der Waals surface area contributed by atoms with Crippen LogP contribution in [-0.2, 0) is 4.84 Å². The minimum Gasteiger partial charge on any atom is -0.390 e. The minimum atomic E-state index is 0.0232. The molecule has 3 nitrogen and oxygen atoms in total. The number of aryl methyl sites for hydroxylation is 1. The van der Waals surface area contributed by atoms with E-state index in [9.17, 15) is 0 Å². The molecule has 0 saturated heterocycles. The summed E-state index contributed by atoms with van der Waals surface area (Å²) in [6, 6.07) is 5.76. The summed E-state index contributed by atoms with van der Waals surface area (Å²) in [4.78, 5) is 5.18. The largest absolute Gasteiger partial charge is 0.390 e. The molecular weight excluding hydrogens is 212 g/mol. The third-order valence-corrected chi connectivity index (χ3v) is 2.73. The lowest BCUT2D eigenvalue weighted by molar-refractivity contribution is 0.0918. The number of oxime groups is 1. The molecule has 0 radical (unpaired) electrons. The van der Waals surface area contributed by atoms with Gasteiger partial charge in [0, 0.05) is 23.6 Å². The van der Waals surface area contributed by atoms with Gasteiger partial charge in [0.25, 0.3) is 0 Å². The Labute approximate surface area is 93.9 Å². The Morgan fingerprint density at radius 3 is 3.00 bits per heavy atom. The number of nitrogens with zero attached hydrogens (tertiary/aromatic N) is 1. The van der Waals surface area contributed by atoms with E-state index in [0.29, 0.717) is 6.54 Å². The molecule has 1 aromatic rings. The van der Waals surface area contributed by atoms with Gasteiger partial charge < -0.3 is 10.6 Å². The Hall–Kier alpha value is -1.06. The normalized spacial score (nSPS) is 19.9. The number of halogens is 1. The molecule has 1 aromatic carbocycles. The quantitative estimate of drug-likeness (QED) is 0.837. The van der Waals surface area contributed by atoms with Crippen molar-refractivity contribution in [3.8, 4) is 0 Å². The van der Waals surface area contributed by atoms with Crippen molar-refractivity contribution < 1.29 is 4.84 Å². The van der Waals surface area contributed by atoms with E-state index < -0.39 is 0 Å². The monoisotopic (exact) mass is 224 g/mol. The third-order valence-electron chi connectivity index (χ3n) is 2.50. The van der Waals surface area contributed by atoms with Gasteiger partial charge in [0.05, 0.1) is 5.71 Å². The Morgan fingerprint density at radius 2 is 2.40 bits per heavy atom. The van der Waals surface area contributed by atoms with Gasteiger partial charge in [-0.1, -0.05) is 22.8 Å². The second kappa shape index (κ2) is 4.21. The Bertz CT molecular complexity index is 404. The second-order valence-corrected chi connectivity index (χ2v) is 4.10. The van der Waals surface area contributed by atoms with Gasteiger partial charge in [-0.25, -0.2) is 0 Å². The van der Waals surface area contributed by atoms with E-state index >= 15 is 0 Å². The van der Waals surface area contributed by atoms with Gasteiger partial charge in [-0.2, -0.15) is 0 Å². The zero-order valence-electron chi connectivity index (χ0n) is 8.53. The fourth-order valence-corrected chi connectivity index (χ4v) is 1.89. The summed E-state index contributed by atoms with van der Waals surface area (Å²) in [5, 5.41) is 4.78. The van der Waals surface area contributed by atoms with Gasteiger partial charge >= 0.3 is 0 Å². The lowest BCUT2D eigenvalue weighted by Crippen LogP contribution is -2.20. The van der Waals surface area contributed by atoms with Gasteiger partial charge in [0.1, 0.15) is 6.10 Å². The van der Waals surface area contributed by atoms with Crippen molar-refractivity contribution in [1.82, 2.24) is 0 Å². The van der Waals surface area contributed by atoms with E-state index in [4.69, 9.17) is 22.2 Å². The molecule has 1 aliphatic heterocycles. The number of hydrogen-bond donors (Lipinski definition) is 1. The molecule has 0 aromatic heterocycles. The lowest BCUT2D eigenvalue weighted by Gasteiger charge is -2.05. The van der Waals surface area contributed by atoms with Crippen molar-refractivity contribution in [2.45, 2.75) is 19.4 Å². The Balaban J connectivity index is 2.24. The first-order valence-corrected chi connectivity index (χ1v) is 5.28. The fourth-order valence-electron chi connectivity index (χ4n) is 1.66. The molecule has 1 unspecified atom stereocenters. The molecule has 4 heteroatoms. The van der Waals surface area contributed by atoms with Crippen LogP contribution in [0.2, 0.25) is 5.02 Å². The topological polar surface area (TPSA) is 47.6 Å². The molecule has 1 atom stereocenters. The molecule has 0 amide bonds. The highest BCUT2D eigenvalue weighted by atomic mass is 35.5. The highest BCUT2D eigenvalue weighted by Crippen LogP contribution is 2.21. The molecule has 0 aliphatic carbocycles. The molecule has 1 heterocycles. The minimum absolute atomic E-state index is 0.0232. The number of rotatable bonds is 2. The van der Waals surface area contributed by atoms with Gasteiger partial charge in [0.15, 0.2) is 0 Å². The molecule has 0 saturated carbocycles. The van der Waals surface area contributed by atoms with Gasteiger partial charge in [-0.15, -0.1) is 0 Å². The van der Waals surface area contributed by atoms with E-state index in [2.05, 4.69) is 5.16 Å². The molecule has 0 fully saturated rings. The van der Waals surface area contributed by atoms with E-state index in [1.54, 1.807) is 0 Å². The predicted octanol–water partition coefficient (Wildman–Crippen LogP) is 2.10. The first kappa shape index (κ1) is 10.5. The van der Waals surface area contributed by atoms with Crippen molar-refractivity contribution in [2.75, 3.05) is 6.54 Å². The lowest BCUT2D eigenvalue weighted by atomic mass is 10.0. The molecule has 80 valence electrons. The molecule has 0 bridgehead atoms. The van der Waals surface area contributed by atoms with Crippen LogP contribution in [0.1, 0.15) is 17.5 Å². The van der Waals surface area contributed by atoms with Crippen LogP contribution >= 0.6 is 11.6 Å². The SMILES string of the molecule is Cc1cc(Cl)ccc1C1=NOC(CN)C1. The van der Waals surface area contributed by atoms with Crippen LogP contribution in [0.25, 0.3) is 0 Å². The highest BCUT2D eigenvalue weighted by Gasteiger charge is 2.21. The Kier molecular flexibility index (Phi) is 2.93. The first-order chi connectivity index (χ1) is 7.20. The average molecular weight is 225 g/mol. The average Bonchev–Trinajstić information content (AvgIpc) is 2.66. The van der Waals surface area contributed by atoms with Crippen molar-refractivity contribution >= 4 is 17.3 Å². The summed E-state index contributed by atoms with van der Waals surface area (Å²) in [6.45, 7) is 2.51. The van der Waals surface area contributed by atoms with Crippen molar-refractivity contribution in [2.24, 2.45) is 10.9 Å². The maximum absolute atomic E-state index is 5.89. The molecule has 2 N–H and O–H groups in total. The highest BCUT2D eigenvalue weighted by molar-refractivity contribution is 6.30. The van der Waals surface area contributed by atoms with Crippen LogP contribution in [0.15, 0.2) is 23.4 Å². The van der Waals surface area contributed by atoms with Crippen LogP contribution in [-0.4, -0.2) is 18.4 Å². The van der Waals surface area contributed by atoms with Crippen LogP contribution in [0.4, 0.5) is 0 Å². The van der Waals surface area contributed by atoms with E-state index in [-0.39, 0.29) is 6.10 Å². The van der Waals surface area contributed by atoms with E-state index in [1.165, 1.54) is 0 Å². The van der Waals surface area contributed by atoms with Gasteiger partial charge in [-0.3, -0.25) is 0 Å². The second-order valence-electron chi connectivity index (χ2n) is 3.66. The summed E-state index contributed by atoms with van der Waals surface area (Å²) in [7, 11) is 0. The summed E-state index contributed by atoms with van der Waals surface area (Å²) >= 11 is 5.89. The molecule has 1 aliphatic rings. The van der Waals surface area contributed by atoms with Crippen LogP contribution in [0.3, 0.4) is 0 Å². The number of nitrogens with two attached hydrogens (primary N) is 1. The van der Waals surface area contributed by atoms with Crippen LogP contribution in [0, 0.1) is 6.92 Å².